The third-order valence-corrected chi connectivity index (χ3v) is 3.56. The van der Waals surface area contributed by atoms with Gasteiger partial charge in [0.05, 0.1) is 0 Å². The predicted molar refractivity (Wildman–Crippen MR) is 89.0 cm³/mol. The van der Waals surface area contributed by atoms with Gasteiger partial charge in [0, 0.05) is 19.3 Å². The molecule has 0 aliphatic carbocycles. The summed E-state index contributed by atoms with van der Waals surface area (Å²) in [7, 11) is 0. The summed E-state index contributed by atoms with van der Waals surface area (Å²) in [5, 5.41) is 18.7. The number of carbonyl (C=O) groups excluding carboxylic acids is 3. The zero-order valence-corrected chi connectivity index (χ0v) is 14.3. The molecule has 1 aliphatic heterocycles. The number of nitrogens with zero attached hydrogens (tertiary/aromatic N) is 1. The number of likely N-dealkylation sites (tertiary alicyclic amines) is 1. The van der Waals surface area contributed by atoms with Crippen LogP contribution in [-0.4, -0.2) is 50.6 Å². The average molecular weight is 377 g/mol. The first kappa shape index (κ1) is 22.6. The molecular formula is C15H21ClN2O7. The molecule has 2 rings (SSSR count). The Labute approximate surface area is 150 Å². The lowest BCUT2D eigenvalue weighted by molar-refractivity contribution is -0.159. The Hall–Kier alpha value is -2.36. The number of halogens is 1. The van der Waals surface area contributed by atoms with Crippen molar-refractivity contribution in [3.8, 4) is 11.5 Å². The van der Waals surface area contributed by atoms with Crippen LogP contribution >= 0.6 is 12.4 Å². The maximum Gasteiger partial charge on any atom is 0.327 e. The van der Waals surface area contributed by atoms with Crippen molar-refractivity contribution in [1.29, 1.82) is 0 Å². The molecule has 0 unspecified atom stereocenters. The zero-order valence-electron chi connectivity index (χ0n) is 13.5. The van der Waals surface area contributed by atoms with Crippen LogP contribution < -0.4 is 5.73 Å². The van der Waals surface area contributed by atoms with Gasteiger partial charge < -0.3 is 26.2 Å². The number of hydrogen-bond donors (Lipinski definition) is 3. The number of phenolic OH excluding ortho intramolecular Hbond substituents is 2. The minimum atomic E-state index is -1.42. The molecule has 6 N–H and O–H groups in total. The summed E-state index contributed by atoms with van der Waals surface area (Å²) in [6.45, 7) is 0.983. The molecular weight excluding hydrogens is 356 g/mol. The summed E-state index contributed by atoms with van der Waals surface area (Å²) in [4.78, 5) is 35.8. The molecule has 140 valence electrons. The Kier molecular flexibility index (Phi) is 7.84. The largest absolute Gasteiger partial charge is 0.504 e. The summed E-state index contributed by atoms with van der Waals surface area (Å²) in [6.07, 6.45) is 0.272. The Bertz CT molecular complexity index is 647. The van der Waals surface area contributed by atoms with E-state index < -0.39 is 18.2 Å². The van der Waals surface area contributed by atoms with E-state index in [1.807, 2.05) is 0 Å². The van der Waals surface area contributed by atoms with Crippen molar-refractivity contribution in [2.75, 3.05) is 6.73 Å². The molecule has 1 aromatic rings. The van der Waals surface area contributed by atoms with Crippen molar-refractivity contribution in [3.63, 3.8) is 0 Å². The first-order chi connectivity index (χ1) is 10.7. The number of ether oxygens (including phenoxy) is 1. The maximum absolute atomic E-state index is 12.1. The number of benzene rings is 1. The lowest BCUT2D eigenvalue weighted by atomic mass is 9.94. The number of rotatable bonds is 5. The summed E-state index contributed by atoms with van der Waals surface area (Å²) < 4.78 is 4.97. The number of carbonyl (C=O) groups is 3. The highest BCUT2D eigenvalue weighted by Gasteiger charge is 2.34. The SMILES string of the molecule is C[C@](N)(Cc1ccc(O)c(O)c1)C(=O)OCN1C(=O)CCC1=O.Cl.O. The number of imide groups is 1. The van der Waals surface area contributed by atoms with Crippen LogP contribution in [0.3, 0.4) is 0 Å². The van der Waals surface area contributed by atoms with E-state index in [2.05, 4.69) is 0 Å². The van der Waals surface area contributed by atoms with E-state index >= 15 is 0 Å². The highest BCUT2D eigenvalue weighted by molar-refractivity contribution is 6.01. The van der Waals surface area contributed by atoms with E-state index in [9.17, 15) is 24.6 Å². The summed E-state index contributed by atoms with van der Waals surface area (Å²) in [6, 6.07) is 4.09. The minimum Gasteiger partial charge on any atom is -0.504 e. The average Bonchev–Trinajstić information content (AvgIpc) is 2.79. The summed E-state index contributed by atoms with van der Waals surface area (Å²) in [5.74, 6) is -2.14. The predicted octanol–water partition coefficient (Wildman–Crippen LogP) is -0.395. The van der Waals surface area contributed by atoms with Gasteiger partial charge in [0.15, 0.2) is 18.2 Å². The molecule has 1 heterocycles. The monoisotopic (exact) mass is 376 g/mol. The number of esters is 1. The molecule has 0 radical (unpaired) electrons. The second-order valence-electron chi connectivity index (χ2n) is 5.69. The molecule has 10 heteroatoms. The van der Waals surface area contributed by atoms with Crippen molar-refractivity contribution in [3.05, 3.63) is 23.8 Å². The van der Waals surface area contributed by atoms with Gasteiger partial charge in [-0.05, 0) is 24.6 Å². The summed E-state index contributed by atoms with van der Waals surface area (Å²) >= 11 is 0. The minimum absolute atomic E-state index is 0. The highest BCUT2D eigenvalue weighted by Crippen LogP contribution is 2.26. The van der Waals surface area contributed by atoms with E-state index in [0.717, 1.165) is 4.90 Å². The second-order valence-corrected chi connectivity index (χ2v) is 5.69. The van der Waals surface area contributed by atoms with Crippen molar-refractivity contribution >= 4 is 30.2 Å². The standard InChI is InChI=1S/C15H18N2O6.ClH.H2O/c1-15(16,7-9-2-3-10(18)11(19)6-9)14(22)23-8-17-12(20)4-5-13(17)21;;/h2-3,6,18-19H,4-5,7-8,16H2,1H3;1H;1H2/t15-;;/m0../s1. The fourth-order valence-corrected chi connectivity index (χ4v) is 2.23. The molecule has 9 nitrogen and oxygen atoms in total. The zero-order chi connectivity index (χ0) is 17.2. The Morgan fingerprint density at radius 2 is 1.80 bits per heavy atom. The van der Waals surface area contributed by atoms with E-state index in [1.54, 1.807) is 0 Å². The molecule has 0 bridgehead atoms. The van der Waals surface area contributed by atoms with Gasteiger partial charge in [-0.15, -0.1) is 12.4 Å². The molecule has 0 saturated carbocycles. The third kappa shape index (κ3) is 5.31. The number of hydrogen-bond acceptors (Lipinski definition) is 7. The second kappa shape index (κ2) is 8.65. The van der Waals surface area contributed by atoms with Crippen molar-refractivity contribution in [2.24, 2.45) is 5.73 Å². The Morgan fingerprint density at radius 1 is 1.24 bits per heavy atom. The van der Waals surface area contributed by atoms with Gasteiger partial charge in [-0.1, -0.05) is 6.07 Å². The van der Waals surface area contributed by atoms with Crippen LogP contribution in [0.4, 0.5) is 0 Å². The van der Waals surface area contributed by atoms with Crippen molar-refractivity contribution in [2.45, 2.75) is 31.7 Å². The van der Waals surface area contributed by atoms with Crippen LogP contribution in [0.15, 0.2) is 18.2 Å². The molecule has 1 aliphatic rings. The smallest absolute Gasteiger partial charge is 0.327 e. The molecule has 2 amide bonds. The topological polar surface area (TPSA) is 162 Å². The number of nitrogens with two attached hydrogens (primary N) is 1. The van der Waals surface area contributed by atoms with Crippen LogP contribution in [0.1, 0.15) is 25.3 Å². The van der Waals surface area contributed by atoms with E-state index in [-0.39, 0.29) is 60.5 Å². The lowest BCUT2D eigenvalue weighted by Crippen LogP contribution is -2.49. The molecule has 1 atom stereocenters. The van der Waals surface area contributed by atoms with Gasteiger partial charge in [0.2, 0.25) is 11.8 Å². The lowest BCUT2D eigenvalue weighted by Gasteiger charge is -2.24. The molecule has 0 aromatic heterocycles. The third-order valence-electron chi connectivity index (χ3n) is 3.56. The highest BCUT2D eigenvalue weighted by atomic mass is 35.5. The Morgan fingerprint density at radius 3 is 2.32 bits per heavy atom. The van der Waals surface area contributed by atoms with Gasteiger partial charge in [0.25, 0.3) is 0 Å². The van der Waals surface area contributed by atoms with Crippen LogP contribution in [0, 0.1) is 0 Å². The van der Waals surface area contributed by atoms with E-state index in [1.165, 1.54) is 25.1 Å². The van der Waals surface area contributed by atoms with Crippen molar-refractivity contribution in [1.82, 2.24) is 4.90 Å². The van der Waals surface area contributed by atoms with Gasteiger partial charge in [-0.2, -0.15) is 0 Å². The molecule has 25 heavy (non-hydrogen) atoms. The van der Waals surface area contributed by atoms with Crippen LogP contribution in [0.5, 0.6) is 11.5 Å². The van der Waals surface area contributed by atoms with E-state index in [0.29, 0.717) is 5.56 Å². The Balaban J connectivity index is 0.00000288. The number of aromatic hydroxyl groups is 2. The number of amides is 2. The van der Waals surface area contributed by atoms with Crippen LogP contribution in [0.25, 0.3) is 0 Å². The van der Waals surface area contributed by atoms with Crippen LogP contribution in [0.2, 0.25) is 0 Å². The quantitative estimate of drug-likeness (QED) is 0.358. The van der Waals surface area contributed by atoms with Gasteiger partial charge in [0.1, 0.15) is 5.54 Å². The van der Waals surface area contributed by atoms with Gasteiger partial charge >= 0.3 is 5.97 Å². The normalized spacial score (nSPS) is 15.8. The first-order valence-electron chi connectivity index (χ1n) is 7.01. The van der Waals surface area contributed by atoms with E-state index in [4.69, 9.17) is 10.5 Å². The van der Waals surface area contributed by atoms with Gasteiger partial charge in [-0.3, -0.25) is 9.59 Å². The van der Waals surface area contributed by atoms with Crippen LogP contribution in [-0.2, 0) is 25.5 Å². The molecule has 1 saturated heterocycles. The molecule has 1 aromatic carbocycles. The maximum atomic E-state index is 12.1. The molecule has 1 fully saturated rings. The molecule has 0 spiro atoms. The van der Waals surface area contributed by atoms with Crippen molar-refractivity contribution < 1.29 is 34.8 Å². The van der Waals surface area contributed by atoms with Gasteiger partial charge in [-0.25, -0.2) is 9.69 Å². The summed E-state index contributed by atoms with van der Waals surface area (Å²) in [5.41, 5.74) is 5.03. The fraction of sp³-hybridized carbons (Fsp3) is 0.400. The fourth-order valence-electron chi connectivity index (χ4n) is 2.23. The number of phenols is 2. The first-order valence-corrected chi connectivity index (χ1v) is 7.01.